The van der Waals surface area contributed by atoms with Crippen LogP contribution in [0.5, 0.6) is 0 Å². The van der Waals surface area contributed by atoms with Crippen molar-refractivity contribution in [2.75, 3.05) is 0 Å². The second-order valence-electron chi connectivity index (χ2n) is 3.76. The summed E-state index contributed by atoms with van der Waals surface area (Å²) in [5.74, 6) is -1.01. The van der Waals surface area contributed by atoms with Gasteiger partial charge in [-0.1, -0.05) is 35.3 Å². The van der Waals surface area contributed by atoms with Crippen molar-refractivity contribution >= 4 is 35.0 Å². The Kier molecular flexibility index (Phi) is 4.55. The number of amides is 2. The fraction of sp³-hybridized carbons (Fsp3) is 0. The van der Waals surface area contributed by atoms with Gasteiger partial charge in [0.1, 0.15) is 5.15 Å². The molecule has 0 aliphatic heterocycles. The molecule has 0 radical (unpaired) electrons. The maximum absolute atomic E-state index is 11.8. The van der Waals surface area contributed by atoms with E-state index in [0.29, 0.717) is 5.02 Å². The first-order chi connectivity index (χ1) is 9.58. The van der Waals surface area contributed by atoms with E-state index in [1.165, 1.54) is 18.3 Å². The van der Waals surface area contributed by atoms with Crippen molar-refractivity contribution in [3.63, 3.8) is 0 Å². The summed E-state index contributed by atoms with van der Waals surface area (Å²) in [6.07, 6.45) is 1.30. The van der Waals surface area contributed by atoms with Crippen LogP contribution in [0.25, 0.3) is 0 Å². The number of hydrogen-bond donors (Lipinski definition) is 2. The Labute approximate surface area is 124 Å². The molecule has 1 heterocycles. The van der Waals surface area contributed by atoms with Gasteiger partial charge < -0.3 is 0 Å². The van der Waals surface area contributed by atoms with Crippen LogP contribution in [0, 0.1) is 0 Å². The van der Waals surface area contributed by atoms with Crippen LogP contribution < -0.4 is 10.9 Å². The molecule has 0 saturated heterocycles. The molecule has 0 atom stereocenters. The summed E-state index contributed by atoms with van der Waals surface area (Å²) >= 11 is 11.5. The largest absolute Gasteiger partial charge is 0.271 e. The summed E-state index contributed by atoms with van der Waals surface area (Å²) in [5, 5.41) is 0.578. The average Bonchev–Trinajstić information content (AvgIpc) is 2.45. The van der Waals surface area contributed by atoms with E-state index in [-0.39, 0.29) is 16.3 Å². The molecule has 1 aromatic heterocycles. The minimum Gasteiger partial charge on any atom is -0.267 e. The first kappa shape index (κ1) is 14.3. The molecular weight excluding hydrogens is 301 g/mol. The van der Waals surface area contributed by atoms with Gasteiger partial charge in [0.05, 0.1) is 16.1 Å². The van der Waals surface area contributed by atoms with E-state index in [0.717, 1.165) is 0 Å². The Balaban J connectivity index is 1.99. The van der Waals surface area contributed by atoms with Gasteiger partial charge in [0.15, 0.2) is 0 Å². The summed E-state index contributed by atoms with van der Waals surface area (Å²) < 4.78 is 0. The molecule has 0 aliphatic rings. The van der Waals surface area contributed by atoms with Gasteiger partial charge in [0.2, 0.25) is 0 Å². The van der Waals surface area contributed by atoms with Gasteiger partial charge in [0.25, 0.3) is 11.8 Å². The van der Waals surface area contributed by atoms with Crippen LogP contribution in [0.15, 0.2) is 42.6 Å². The molecule has 0 bridgehead atoms. The van der Waals surface area contributed by atoms with E-state index >= 15 is 0 Å². The number of carbonyl (C=O) groups excluding carboxylic acids is 2. The van der Waals surface area contributed by atoms with Crippen LogP contribution >= 0.6 is 23.2 Å². The Morgan fingerprint density at radius 2 is 1.65 bits per heavy atom. The number of hydrogen-bond acceptors (Lipinski definition) is 3. The van der Waals surface area contributed by atoms with Gasteiger partial charge in [-0.05, 0) is 24.3 Å². The molecule has 2 N–H and O–H groups in total. The van der Waals surface area contributed by atoms with Crippen molar-refractivity contribution in [2.45, 2.75) is 0 Å². The zero-order valence-corrected chi connectivity index (χ0v) is 11.6. The number of rotatable bonds is 2. The highest BCUT2D eigenvalue weighted by Crippen LogP contribution is 2.14. The van der Waals surface area contributed by atoms with Gasteiger partial charge in [-0.25, -0.2) is 4.98 Å². The third-order valence-electron chi connectivity index (χ3n) is 2.40. The molecular formula is C13H9Cl2N3O2. The lowest BCUT2D eigenvalue weighted by Gasteiger charge is -2.08. The lowest BCUT2D eigenvalue weighted by molar-refractivity contribution is 0.0846. The molecule has 0 spiro atoms. The summed E-state index contributed by atoms with van der Waals surface area (Å²) in [4.78, 5) is 27.3. The van der Waals surface area contributed by atoms with Gasteiger partial charge in [-0.2, -0.15) is 0 Å². The fourth-order valence-electron chi connectivity index (χ4n) is 1.41. The zero-order valence-electron chi connectivity index (χ0n) is 10.1. The van der Waals surface area contributed by atoms with Crippen LogP contribution in [0.2, 0.25) is 10.2 Å². The predicted octanol–water partition coefficient (Wildman–Crippen LogP) is 2.46. The number of halogens is 2. The number of hydrazine groups is 1. The lowest BCUT2D eigenvalue weighted by Crippen LogP contribution is -2.41. The van der Waals surface area contributed by atoms with Crippen molar-refractivity contribution in [1.29, 1.82) is 0 Å². The topological polar surface area (TPSA) is 71.1 Å². The fourth-order valence-corrected chi connectivity index (χ4v) is 1.74. The Hall–Kier alpha value is -2.11. The third-order valence-corrected chi connectivity index (χ3v) is 2.95. The summed E-state index contributed by atoms with van der Waals surface area (Å²) in [6, 6.07) is 9.48. The molecule has 2 aromatic rings. The van der Waals surface area contributed by atoms with E-state index < -0.39 is 11.8 Å². The summed E-state index contributed by atoms with van der Waals surface area (Å²) in [5.41, 5.74) is 5.07. The first-order valence-corrected chi connectivity index (χ1v) is 6.30. The number of nitrogens with zero attached hydrogens (tertiary/aromatic N) is 1. The molecule has 2 amide bonds. The van der Waals surface area contributed by atoms with Crippen molar-refractivity contribution < 1.29 is 9.59 Å². The molecule has 102 valence electrons. The van der Waals surface area contributed by atoms with Crippen LogP contribution in [0.1, 0.15) is 20.7 Å². The van der Waals surface area contributed by atoms with Gasteiger partial charge >= 0.3 is 0 Å². The molecule has 20 heavy (non-hydrogen) atoms. The van der Waals surface area contributed by atoms with Crippen molar-refractivity contribution in [3.05, 3.63) is 63.9 Å². The van der Waals surface area contributed by atoms with Gasteiger partial charge in [-0.15, -0.1) is 0 Å². The Morgan fingerprint density at radius 3 is 2.30 bits per heavy atom. The molecule has 1 aromatic carbocycles. The highest BCUT2D eigenvalue weighted by Gasteiger charge is 2.11. The van der Waals surface area contributed by atoms with Crippen LogP contribution in [-0.2, 0) is 0 Å². The van der Waals surface area contributed by atoms with Crippen molar-refractivity contribution in [3.8, 4) is 0 Å². The Morgan fingerprint density at radius 1 is 0.950 bits per heavy atom. The third kappa shape index (κ3) is 3.46. The monoisotopic (exact) mass is 309 g/mol. The van der Waals surface area contributed by atoms with E-state index in [2.05, 4.69) is 15.8 Å². The molecule has 0 saturated carbocycles. The zero-order chi connectivity index (χ0) is 14.5. The average molecular weight is 310 g/mol. The molecule has 0 unspecified atom stereocenters. The summed E-state index contributed by atoms with van der Waals surface area (Å²) in [7, 11) is 0. The van der Waals surface area contributed by atoms with Crippen LogP contribution in [0.4, 0.5) is 0 Å². The predicted molar refractivity (Wildman–Crippen MR) is 75.6 cm³/mol. The van der Waals surface area contributed by atoms with Crippen LogP contribution in [0.3, 0.4) is 0 Å². The maximum Gasteiger partial charge on any atom is 0.271 e. The number of pyridine rings is 1. The van der Waals surface area contributed by atoms with Crippen molar-refractivity contribution in [1.82, 2.24) is 15.8 Å². The van der Waals surface area contributed by atoms with E-state index in [9.17, 15) is 9.59 Å². The molecule has 0 fully saturated rings. The lowest BCUT2D eigenvalue weighted by atomic mass is 10.2. The second-order valence-corrected chi connectivity index (χ2v) is 4.55. The summed E-state index contributed by atoms with van der Waals surface area (Å²) in [6.45, 7) is 0. The van der Waals surface area contributed by atoms with Gasteiger partial charge in [0, 0.05) is 6.20 Å². The smallest absolute Gasteiger partial charge is 0.267 e. The molecule has 7 heteroatoms. The standard InChI is InChI=1S/C13H9Cl2N3O2/c14-10-4-2-1-3-9(10)13(20)18-17-12(19)8-5-6-11(15)16-7-8/h1-7H,(H,17,19)(H,18,20). The quantitative estimate of drug-likeness (QED) is 0.661. The number of aromatic nitrogens is 1. The number of nitrogens with one attached hydrogen (secondary N) is 2. The Bertz CT molecular complexity index is 644. The SMILES string of the molecule is O=C(NNC(=O)c1ccccc1Cl)c1ccc(Cl)nc1. The minimum atomic E-state index is -0.508. The minimum absolute atomic E-state index is 0.267. The highest BCUT2D eigenvalue weighted by atomic mass is 35.5. The van der Waals surface area contributed by atoms with E-state index in [1.54, 1.807) is 24.3 Å². The first-order valence-electron chi connectivity index (χ1n) is 5.54. The molecule has 5 nitrogen and oxygen atoms in total. The van der Waals surface area contributed by atoms with Crippen LogP contribution in [-0.4, -0.2) is 16.8 Å². The van der Waals surface area contributed by atoms with E-state index in [1.807, 2.05) is 0 Å². The van der Waals surface area contributed by atoms with Crippen molar-refractivity contribution in [2.24, 2.45) is 0 Å². The number of benzene rings is 1. The van der Waals surface area contributed by atoms with Gasteiger partial charge in [-0.3, -0.25) is 20.4 Å². The van der Waals surface area contributed by atoms with E-state index in [4.69, 9.17) is 23.2 Å². The normalized spacial score (nSPS) is 9.90. The second kappa shape index (κ2) is 6.36. The molecule has 2 rings (SSSR count). The highest BCUT2D eigenvalue weighted by molar-refractivity contribution is 6.33. The number of carbonyl (C=O) groups is 2. The molecule has 0 aliphatic carbocycles. The maximum atomic E-state index is 11.8.